The molecule has 0 spiro atoms. The molecule has 2 heterocycles. The maximum atomic E-state index is 12.4. The monoisotopic (exact) mass is 311 g/mol. The van der Waals surface area contributed by atoms with Crippen molar-refractivity contribution in [3.63, 3.8) is 0 Å². The lowest BCUT2D eigenvalue weighted by atomic mass is 9.73. The number of benzene rings is 1. The molecule has 6 nitrogen and oxygen atoms in total. The van der Waals surface area contributed by atoms with Crippen molar-refractivity contribution in [2.24, 2.45) is 0 Å². The first kappa shape index (κ1) is 15.4. The number of anilines is 1. The van der Waals surface area contributed by atoms with Crippen LogP contribution in [0.3, 0.4) is 0 Å². The lowest BCUT2D eigenvalue weighted by Gasteiger charge is -2.38. The Morgan fingerprint density at radius 2 is 1.87 bits per heavy atom. The maximum absolute atomic E-state index is 12.4. The molecule has 0 bridgehead atoms. The predicted octanol–water partition coefficient (Wildman–Crippen LogP) is 1.11. The number of hydrogen-bond acceptors (Lipinski definition) is 5. The Morgan fingerprint density at radius 3 is 2.57 bits per heavy atom. The molecular weight excluding hydrogens is 290 g/mol. The summed E-state index contributed by atoms with van der Waals surface area (Å²) in [4.78, 5) is 20.3. The van der Waals surface area contributed by atoms with Gasteiger partial charge in [-0.05, 0) is 31.5 Å². The van der Waals surface area contributed by atoms with Crippen LogP contribution in [0.25, 0.3) is 0 Å². The van der Waals surface area contributed by atoms with E-state index in [9.17, 15) is 4.79 Å². The zero-order valence-electron chi connectivity index (χ0n) is 13.0. The number of aromatic nitrogens is 2. The number of rotatable bonds is 4. The molecule has 1 aliphatic heterocycles. The molecule has 3 rings (SSSR count). The Hall–Kier alpha value is -2.47. The van der Waals surface area contributed by atoms with Crippen LogP contribution in [0, 0.1) is 0 Å². The Bertz CT molecular complexity index is 668. The van der Waals surface area contributed by atoms with Gasteiger partial charge in [0.1, 0.15) is 0 Å². The maximum Gasteiger partial charge on any atom is 0.273 e. The molecule has 120 valence electrons. The summed E-state index contributed by atoms with van der Waals surface area (Å²) in [6.07, 6.45) is 4.91. The zero-order valence-corrected chi connectivity index (χ0v) is 13.0. The average molecular weight is 311 g/mol. The third-order valence-electron chi connectivity index (χ3n) is 4.48. The summed E-state index contributed by atoms with van der Waals surface area (Å²) in [5.74, 6) is -0.117. The Labute approximate surface area is 135 Å². The molecule has 2 aromatic rings. The topological polar surface area (TPSA) is 92.9 Å². The molecule has 23 heavy (non-hydrogen) atoms. The normalized spacial score (nSPS) is 16.7. The van der Waals surface area contributed by atoms with Gasteiger partial charge in [0.25, 0.3) is 5.91 Å². The quantitative estimate of drug-likeness (QED) is 0.786. The highest BCUT2D eigenvalue weighted by Gasteiger charge is 2.34. The van der Waals surface area contributed by atoms with Crippen LogP contribution in [0.15, 0.2) is 42.7 Å². The van der Waals surface area contributed by atoms with Crippen molar-refractivity contribution in [2.75, 3.05) is 25.4 Å². The smallest absolute Gasteiger partial charge is 0.273 e. The first-order valence-electron chi connectivity index (χ1n) is 7.82. The van der Waals surface area contributed by atoms with Crippen molar-refractivity contribution < 1.29 is 4.79 Å². The van der Waals surface area contributed by atoms with Crippen molar-refractivity contribution in [3.8, 4) is 0 Å². The number of nitrogens with one attached hydrogen (secondary N) is 2. The fraction of sp³-hybridized carbons (Fsp3) is 0.353. The van der Waals surface area contributed by atoms with E-state index in [1.165, 1.54) is 18.0 Å². The zero-order chi connectivity index (χ0) is 16.1. The van der Waals surface area contributed by atoms with E-state index < -0.39 is 0 Å². The molecule has 0 radical (unpaired) electrons. The number of carbonyl (C=O) groups is 1. The number of piperidine rings is 1. The highest BCUT2D eigenvalue weighted by atomic mass is 16.1. The molecule has 1 saturated heterocycles. The van der Waals surface area contributed by atoms with E-state index in [0.29, 0.717) is 6.54 Å². The van der Waals surface area contributed by atoms with Crippen LogP contribution < -0.4 is 16.4 Å². The average Bonchev–Trinajstić information content (AvgIpc) is 2.62. The molecule has 1 aliphatic rings. The van der Waals surface area contributed by atoms with E-state index in [1.807, 2.05) is 18.2 Å². The summed E-state index contributed by atoms with van der Waals surface area (Å²) < 4.78 is 0. The standard InChI is InChI=1S/C17H21N5O/c18-15-14(20-10-11-21-15)16(23)22-12-17(6-8-19-9-7-17)13-4-2-1-3-5-13/h1-5,10-11,19H,6-9,12H2,(H2,18,21)(H,22,23). The number of nitrogen functional groups attached to an aromatic ring is 1. The minimum atomic E-state index is -0.274. The summed E-state index contributed by atoms with van der Waals surface area (Å²) >= 11 is 0. The third-order valence-corrected chi connectivity index (χ3v) is 4.48. The van der Waals surface area contributed by atoms with Crippen molar-refractivity contribution in [3.05, 3.63) is 54.0 Å². The third kappa shape index (κ3) is 3.32. The van der Waals surface area contributed by atoms with Crippen molar-refractivity contribution >= 4 is 11.7 Å². The summed E-state index contributed by atoms with van der Waals surface area (Å²) in [5.41, 5.74) is 7.12. The van der Waals surface area contributed by atoms with Gasteiger partial charge in [0.15, 0.2) is 11.5 Å². The number of nitrogens with zero attached hydrogens (tertiary/aromatic N) is 2. The fourth-order valence-electron chi connectivity index (χ4n) is 3.12. The Morgan fingerprint density at radius 1 is 1.17 bits per heavy atom. The summed E-state index contributed by atoms with van der Waals surface area (Å²) in [6, 6.07) is 10.4. The highest BCUT2D eigenvalue weighted by Crippen LogP contribution is 2.32. The van der Waals surface area contributed by atoms with Gasteiger partial charge in [0, 0.05) is 24.4 Å². The van der Waals surface area contributed by atoms with Crippen LogP contribution in [0.2, 0.25) is 0 Å². The number of amides is 1. The van der Waals surface area contributed by atoms with Crippen LogP contribution in [0.1, 0.15) is 28.9 Å². The lowest BCUT2D eigenvalue weighted by Crippen LogP contribution is -2.47. The molecule has 6 heteroatoms. The predicted molar refractivity (Wildman–Crippen MR) is 89.0 cm³/mol. The Balaban J connectivity index is 1.78. The molecule has 1 aromatic carbocycles. The minimum absolute atomic E-state index is 0.0564. The number of carbonyl (C=O) groups excluding carboxylic acids is 1. The van der Waals surface area contributed by atoms with Crippen LogP contribution in [0.5, 0.6) is 0 Å². The van der Waals surface area contributed by atoms with Crippen LogP contribution >= 0.6 is 0 Å². The lowest BCUT2D eigenvalue weighted by molar-refractivity contribution is 0.0933. The van der Waals surface area contributed by atoms with E-state index in [4.69, 9.17) is 5.73 Å². The molecule has 0 unspecified atom stereocenters. The summed E-state index contributed by atoms with van der Waals surface area (Å²) in [7, 11) is 0. The van der Waals surface area contributed by atoms with E-state index >= 15 is 0 Å². The van der Waals surface area contributed by atoms with Gasteiger partial charge in [-0.25, -0.2) is 9.97 Å². The fourth-order valence-corrected chi connectivity index (χ4v) is 3.12. The van der Waals surface area contributed by atoms with E-state index in [-0.39, 0.29) is 22.8 Å². The number of hydrogen-bond donors (Lipinski definition) is 3. The molecule has 1 aromatic heterocycles. The van der Waals surface area contributed by atoms with E-state index in [1.54, 1.807) is 0 Å². The van der Waals surface area contributed by atoms with Crippen molar-refractivity contribution in [2.45, 2.75) is 18.3 Å². The van der Waals surface area contributed by atoms with Gasteiger partial charge in [-0.15, -0.1) is 0 Å². The summed E-state index contributed by atoms with van der Waals surface area (Å²) in [6.45, 7) is 2.45. The second kappa shape index (κ2) is 6.75. The van der Waals surface area contributed by atoms with Gasteiger partial charge in [-0.2, -0.15) is 0 Å². The van der Waals surface area contributed by atoms with E-state index in [0.717, 1.165) is 25.9 Å². The second-order valence-corrected chi connectivity index (χ2v) is 5.87. The molecule has 4 N–H and O–H groups in total. The molecular formula is C17H21N5O. The van der Waals surface area contributed by atoms with Crippen LogP contribution in [-0.4, -0.2) is 35.5 Å². The first-order chi connectivity index (χ1) is 11.2. The minimum Gasteiger partial charge on any atom is -0.382 e. The van der Waals surface area contributed by atoms with Gasteiger partial charge < -0.3 is 16.4 Å². The molecule has 1 fully saturated rings. The van der Waals surface area contributed by atoms with Crippen molar-refractivity contribution in [1.82, 2.24) is 20.6 Å². The largest absolute Gasteiger partial charge is 0.382 e. The highest BCUT2D eigenvalue weighted by molar-refractivity contribution is 5.96. The van der Waals surface area contributed by atoms with Crippen LogP contribution in [-0.2, 0) is 5.41 Å². The molecule has 0 saturated carbocycles. The van der Waals surface area contributed by atoms with Gasteiger partial charge in [-0.3, -0.25) is 4.79 Å². The van der Waals surface area contributed by atoms with Gasteiger partial charge in [0.05, 0.1) is 0 Å². The SMILES string of the molecule is Nc1nccnc1C(=O)NCC1(c2ccccc2)CCNCC1. The van der Waals surface area contributed by atoms with E-state index in [2.05, 4.69) is 32.7 Å². The summed E-state index contributed by atoms with van der Waals surface area (Å²) in [5, 5.41) is 6.38. The number of nitrogens with two attached hydrogens (primary N) is 1. The molecule has 0 aliphatic carbocycles. The van der Waals surface area contributed by atoms with Gasteiger partial charge in [-0.1, -0.05) is 30.3 Å². The Kier molecular flexibility index (Phi) is 4.52. The first-order valence-corrected chi connectivity index (χ1v) is 7.82. The molecule has 0 atom stereocenters. The van der Waals surface area contributed by atoms with Crippen LogP contribution in [0.4, 0.5) is 5.82 Å². The second-order valence-electron chi connectivity index (χ2n) is 5.87. The van der Waals surface area contributed by atoms with Gasteiger partial charge in [0.2, 0.25) is 0 Å². The van der Waals surface area contributed by atoms with Gasteiger partial charge >= 0.3 is 0 Å². The van der Waals surface area contributed by atoms with Crippen molar-refractivity contribution in [1.29, 1.82) is 0 Å². The molecule has 1 amide bonds.